The minimum Gasteiger partial charge on any atom is -0.395 e. The summed E-state index contributed by atoms with van der Waals surface area (Å²) in [7, 11) is 0. The summed E-state index contributed by atoms with van der Waals surface area (Å²) >= 11 is 6.61. The molecule has 132 valence electrons. The molecule has 2 amide bonds. The van der Waals surface area contributed by atoms with Gasteiger partial charge in [0.25, 0.3) is 11.8 Å². The SMILES string of the molecule is Nc1c(C(=O)N2CCCC2)nsc1C(=O)NCc1ccc(F)c(Cl)c1. The molecular weight excluding hydrogens is 367 g/mol. The normalized spacial score (nSPS) is 13.9. The van der Waals surface area contributed by atoms with Gasteiger partial charge in [0.05, 0.1) is 10.7 Å². The molecule has 0 saturated carbocycles. The molecule has 0 radical (unpaired) electrons. The summed E-state index contributed by atoms with van der Waals surface area (Å²) in [6.45, 7) is 1.52. The highest BCUT2D eigenvalue weighted by atomic mass is 35.5. The Morgan fingerprint density at radius 1 is 1.36 bits per heavy atom. The number of nitrogens with zero attached hydrogens (tertiary/aromatic N) is 2. The molecule has 3 N–H and O–H groups in total. The van der Waals surface area contributed by atoms with Crippen LogP contribution >= 0.6 is 23.1 Å². The van der Waals surface area contributed by atoms with Crippen LogP contribution in [0.25, 0.3) is 0 Å². The Morgan fingerprint density at radius 2 is 2.08 bits per heavy atom. The quantitative estimate of drug-likeness (QED) is 0.850. The molecule has 0 unspecified atom stereocenters. The van der Waals surface area contributed by atoms with E-state index in [1.807, 2.05) is 0 Å². The molecule has 1 aromatic heterocycles. The van der Waals surface area contributed by atoms with Gasteiger partial charge in [-0.05, 0) is 42.1 Å². The van der Waals surface area contributed by atoms with E-state index in [4.69, 9.17) is 17.3 Å². The molecule has 1 saturated heterocycles. The minimum absolute atomic E-state index is 0.0115. The number of rotatable bonds is 4. The van der Waals surface area contributed by atoms with E-state index in [1.54, 1.807) is 4.90 Å². The maximum absolute atomic E-state index is 13.1. The van der Waals surface area contributed by atoms with Crippen LogP contribution in [0.2, 0.25) is 5.02 Å². The van der Waals surface area contributed by atoms with Crippen LogP contribution in [0, 0.1) is 5.82 Å². The van der Waals surface area contributed by atoms with Crippen LogP contribution < -0.4 is 11.1 Å². The van der Waals surface area contributed by atoms with Crippen molar-refractivity contribution in [3.05, 3.63) is 45.2 Å². The number of nitrogens with two attached hydrogens (primary N) is 1. The van der Waals surface area contributed by atoms with Gasteiger partial charge in [0.1, 0.15) is 10.7 Å². The first-order chi connectivity index (χ1) is 12.0. The molecule has 2 aromatic rings. The standard InChI is InChI=1S/C16H16ClFN4O2S/c17-10-7-9(3-4-11(10)18)8-20-15(23)14-12(19)13(21-25-14)16(24)22-5-1-2-6-22/h3-4,7H,1-2,5-6,8,19H2,(H,20,23). The fourth-order valence-electron chi connectivity index (χ4n) is 2.60. The number of nitrogen functional groups attached to an aromatic ring is 1. The van der Waals surface area contributed by atoms with Crippen LogP contribution in [0.4, 0.5) is 10.1 Å². The Bertz CT molecular complexity index is 820. The van der Waals surface area contributed by atoms with E-state index in [2.05, 4.69) is 9.69 Å². The van der Waals surface area contributed by atoms with Gasteiger partial charge >= 0.3 is 0 Å². The van der Waals surface area contributed by atoms with Crippen molar-refractivity contribution in [2.75, 3.05) is 18.8 Å². The largest absolute Gasteiger partial charge is 0.395 e. The van der Waals surface area contributed by atoms with E-state index in [1.165, 1.54) is 18.2 Å². The fraction of sp³-hybridized carbons (Fsp3) is 0.312. The highest BCUT2D eigenvalue weighted by Crippen LogP contribution is 2.24. The van der Waals surface area contributed by atoms with Gasteiger partial charge in [0.2, 0.25) is 0 Å². The first kappa shape index (κ1) is 17.6. The maximum atomic E-state index is 13.1. The molecule has 0 spiro atoms. The third kappa shape index (κ3) is 3.74. The number of carbonyl (C=O) groups excluding carboxylic acids is 2. The smallest absolute Gasteiger partial charge is 0.275 e. The lowest BCUT2D eigenvalue weighted by atomic mass is 10.2. The zero-order valence-electron chi connectivity index (χ0n) is 13.2. The highest BCUT2D eigenvalue weighted by Gasteiger charge is 2.27. The Labute approximate surface area is 152 Å². The van der Waals surface area contributed by atoms with Gasteiger partial charge in [0.15, 0.2) is 5.69 Å². The summed E-state index contributed by atoms with van der Waals surface area (Å²) in [4.78, 5) is 26.5. The number of aromatic nitrogens is 1. The molecule has 0 aliphatic carbocycles. The molecule has 0 bridgehead atoms. The topological polar surface area (TPSA) is 88.3 Å². The number of hydrogen-bond donors (Lipinski definition) is 2. The predicted octanol–water partition coefficient (Wildman–Crippen LogP) is 2.68. The van der Waals surface area contributed by atoms with Gasteiger partial charge in [-0.2, -0.15) is 4.37 Å². The lowest BCUT2D eigenvalue weighted by Gasteiger charge is -2.13. The molecule has 3 rings (SSSR count). The second-order valence-electron chi connectivity index (χ2n) is 5.70. The molecular formula is C16H16ClFN4O2S. The van der Waals surface area contributed by atoms with Crippen LogP contribution in [0.5, 0.6) is 0 Å². The number of amides is 2. The Morgan fingerprint density at radius 3 is 2.76 bits per heavy atom. The van der Waals surface area contributed by atoms with Crippen molar-refractivity contribution in [3.63, 3.8) is 0 Å². The average molecular weight is 383 g/mol. The van der Waals surface area contributed by atoms with Crippen molar-refractivity contribution < 1.29 is 14.0 Å². The molecule has 1 fully saturated rings. The molecule has 0 atom stereocenters. The van der Waals surface area contributed by atoms with Gasteiger partial charge in [-0.1, -0.05) is 17.7 Å². The monoisotopic (exact) mass is 382 g/mol. The van der Waals surface area contributed by atoms with Gasteiger partial charge in [0, 0.05) is 19.6 Å². The average Bonchev–Trinajstić information content (AvgIpc) is 3.25. The van der Waals surface area contributed by atoms with E-state index in [0.717, 1.165) is 24.4 Å². The summed E-state index contributed by atoms with van der Waals surface area (Å²) in [6, 6.07) is 4.20. The number of nitrogens with one attached hydrogen (secondary N) is 1. The highest BCUT2D eigenvalue weighted by molar-refractivity contribution is 7.09. The lowest BCUT2D eigenvalue weighted by Crippen LogP contribution is -2.29. The number of hydrogen-bond acceptors (Lipinski definition) is 5. The number of halogens is 2. The van der Waals surface area contributed by atoms with Crippen molar-refractivity contribution in [1.82, 2.24) is 14.6 Å². The fourth-order valence-corrected chi connectivity index (χ4v) is 3.51. The van der Waals surface area contributed by atoms with E-state index >= 15 is 0 Å². The van der Waals surface area contributed by atoms with E-state index in [9.17, 15) is 14.0 Å². The van der Waals surface area contributed by atoms with Gasteiger partial charge in [-0.25, -0.2) is 4.39 Å². The summed E-state index contributed by atoms with van der Waals surface area (Å²) in [5.41, 5.74) is 6.82. The van der Waals surface area contributed by atoms with Gasteiger partial charge in [-0.3, -0.25) is 9.59 Å². The summed E-state index contributed by atoms with van der Waals surface area (Å²) in [5.74, 6) is -1.19. The van der Waals surface area contributed by atoms with Crippen LogP contribution in [0.3, 0.4) is 0 Å². The van der Waals surface area contributed by atoms with Gasteiger partial charge < -0.3 is 16.0 Å². The van der Waals surface area contributed by atoms with E-state index in [0.29, 0.717) is 18.7 Å². The van der Waals surface area contributed by atoms with Crippen LogP contribution in [0.15, 0.2) is 18.2 Å². The molecule has 25 heavy (non-hydrogen) atoms. The first-order valence-electron chi connectivity index (χ1n) is 7.74. The molecule has 1 aliphatic rings. The molecule has 2 heterocycles. The molecule has 1 aliphatic heterocycles. The second kappa shape index (κ2) is 7.37. The third-order valence-electron chi connectivity index (χ3n) is 3.97. The van der Waals surface area contributed by atoms with Crippen LogP contribution in [-0.4, -0.2) is 34.2 Å². The Balaban J connectivity index is 1.68. The van der Waals surface area contributed by atoms with Crippen molar-refractivity contribution in [3.8, 4) is 0 Å². The summed E-state index contributed by atoms with van der Waals surface area (Å²) in [5, 5.41) is 2.66. The zero-order chi connectivity index (χ0) is 18.0. The van der Waals surface area contributed by atoms with Crippen molar-refractivity contribution in [1.29, 1.82) is 0 Å². The maximum Gasteiger partial charge on any atom is 0.275 e. The third-order valence-corrected chi connectivity index (χ3v) is 5.12. The van der Waals surface area contributed by atoms with Crippen LogP contribution in [-0.2, 0) is 6.54 Å². The Kier molecular flexibility index (Phi) is 5.19. The molecule has 6 nitrogen and oxygen atoms in total. The van der Waals surface area contributed by atoms with Crippen molar-refractivity contribution in [2.24, 2.45) is 0 Å². The second-order valence-corrected chi connectivity index (χ2v) is 6.89. The number of benzene rings is 1. The van der Waals surface area contributed by atoms with E-state index < -0.39 is 11.7 Å². The number of anilines is 1. The molecule has 9 heteroatoms. The predicted molar refractivity (Wildman–Crippen MR) is 94.2 cm³/mol. The van der Waals surface area contributed by atoms with Crippen molar-refractivity contribution in [2.45, 2.75) is 19.4 Å². The van der Waals surface area contributed by atoms with E-state index in [-0.39, 0.29) is 33.7 Å². The lowest BCUT2D eigenvalue weighted by molar-refractivity contribution is 0.0789. The summed E-state index contributed by atoms with van der Waals surface area (Å²) in [6.07, 6.45) is 1.92. The zero-order valence-corrected chi connectivity index (χ0v) is 14.8. The minimum atomic E-state index is -0.520. The van der Waals surface area contributed by atoms with Crippen LogP contribution in [0.1, 0.15) is 38.6 Å². The van der Waals surface area contributed by atoms with Crippen molar-refractivity contribution >= 4 is 40.6 Å². The van der Waals surface area contributed by atoms with Gasteiger partial charge in [-0.15, -0.1) is 0 Å². The summed E-state index contributed by atoms with van der Waals surface area (Å²) < 4.78 is 17.2. The number of carbonyl (C=O) groups is 2. The Hall–Kier alpha value is -2.19. The molecule has 1 aromatic carbocycles. The first-order valence-corrected chi connectivity index (χ1v) is 8.89. The number of likely N-dealkylation sites (tertiary alicyclic amines) is 1.